The maximum Gasteiger partial charge on any atom is 0.286 e. The van der Waals surface area contributed by atoms with Crippen molar-refractivity contribution in [1.29, 1.82) is 0 Å². The van der Waals surface area contributed by atoms with Gasteiger partial charge < -0.3 is 16.2 Å². The van der Waals surface area contributed by atoms with E-state index in [1.54, 1.807) is 24.3 Å². The van der Waals surface area contributed by atoms with Gasteiger partial charge in [-0.05, 0) is 29.3 Å². The number of rotatable bonds is 4. The van der Waals surface area contributed by atoms with E-state index in [0.717, 1.165) is 5.56 Å². The number of nitrogens with two attached hydrogens (primary N) is 1. The van der Waals surface area contributed by atoms with Gasteiger partial charge >= 0.3 is 0 Å². The summed E-state index contributed by atoms with van der Waals surface area (Å²) in [5.74, 6) is -0.666. The number of nitrogens with zero attached hydrogens (tertiary/aromatic N) is 3. The highest BCUT2D eigenvalue weighted by Gasteiger charge is 2.31. The smallest absolute Gasteiger partial charge is 0.286 e. The number of pyridine rings is 2. The molecule has 0 amide bonds. The Morgan fingerprint density at radius 2 is 1.82 bits per heavy atom. The SMILES string of the molecule is NCc1cccc2c1NC(c1c(O)c3cccnc3n(Cc3ccccc3)c1=O)=NS2(=O)=O. The van der Waals surface area contributed by atoms with Crippen molar-refractivity contribution in [3.05, 3.63) is 93.9 Å². The molecule has 0 radical (unpaired) electrons. The van der Waals surface area contributed by atoms with Gasteiger partial charge in [0.2, 0.25) is 0 Å². The summed E-state index contributed by atoms with van der Waals surface area (Å²) in [4.78, 5) is 17.9. The van der Waals surface area contributed by atoms with Gasteiger partial charge in [-0.25, -0.2) is 4.98 Å². The quantitative estimate of drug-likeness (QED) is 0.423. The molecule has 4 N–H and O–H groups in total. The molecule has 0 fully saturated rings. The highest BCUT2D eigenvalue weighted by molar-refractivity contribution is 7.90. The molecule has 9 nitrogen and oxygen atoms in total. The molecule has 0 saturated heterocycles. The molecule has 0 aliphatic carbocycles. The number of benzene rings is 2. The minimum atomic E-state index is -4.14. The second-order valence-corrected chi connectivity index (χ2v) is 9.08. The first-order valence-electron chi connectivity index (χ1n) is 10.1. The lowest BCUT2D eigenvalue weighted by atomic mass is 10.1. The summed E-state index contributed by atoms with van der Waals surface area (Å²) in [6.07, 6.45) is 1.52. The van der Waals surface area contributed by atoms with Crippen LogP contribution in [0, 0.1) is 0 Å². The van der Waals surface area contributed by atoms with Crippen LogP contribution in [0.1, 0.15) is 16.7 Å². The van der Waals surface area contributed by atoms with Gasteiger partial charge in [-0.15, -0.1) is 4.40 Å². The van der Waals surface area contributed by atoms with Crippen LogP contribution in [0.15, 0.2) is 80.9 Å². The molecule has 2 aromatic heterocycles. The van der Waals surface area contributed by atoms with Crippen LogP contribution in [0.5, 0.6) is 5.75 Å². The van der Waals surface area contributed by atoms with Crippen LogP contribution in [0.4, 0.5) is 5.69 Å². The van der Waals surface area contributed by atoms with Crippen molar-refractivity contribution in [2.75, 3.05) is 5.32 Å². The average Bonchev–Trinajstić information content (AvgIpc) is 2.82. The van der Waals surface area contributed by atoms with Crippen molar-refractivity contribution in [3.63, 3.8) is 0 Å². The standard InChI is InChI=1S/C23H19N5O4S/c24-12-15-8-4-10-17-19(15)26-21(27-33(17,31)32)18-20(29)16-9-5-11-25-22(16)28(23(18)30)13-14-6-2-1-3-7-14/h1-11,29H,12-13,24H2,(H,26,27). The lowest BCUT2D eigenvalue weighted by molar-refractivity contribution is 0.477. The van der Waals surface area contributed by atoms with Crippen LogP contribution in [0.25, 0.3) is 11.0 Å². The summed E-state index contributed by atoms with van der Waals surface area (Å²) in [5.41, 5.74) is 6.80. The number of aromatic nitrogens is 2. The molecule has 0 spiro atoms. The lowest BCUT2D eigenvalue weighted by Gasteiger charge is -2.22. The van der Waals surface area contributed by atoms with E-state index in [2.05, 4.69) is 14.7 Å². The predicted octanol–water partition coefficient (Wildman–Crippen LogP) is 2.17. The molecule has 0 bridgehead atoms. The third-order valence-electron chi connectivity index (χ3n) is 5.48. The Bertz CT molecular complexity index is 1590. The minimum Gasteiger partial charge on any atom is -0.506 e. The second-order valence-electron chi connectivity index (χ2n) is 7.51. The van der Waals surface area contributed by atoms with Crippen molar-refractivity contribution < 1.29 is 13.5 Å². The number of sulfonamides is 1. The molecule has 0 atom stereocenters. The normalized spacial score (nSPS) is 14.4. The van der Waals surface area contributed by atoms with Crippen molar-refractivity contribution in [1.82, 2.24) is 9.55 Å². The molecule has 2 aromatic carbocycles. The molecular weight excluding hydrogens is 442 g/mol. The van der Waals surface area contributed by atoms with Gasteiger partial charge in [0.15, 0.2) is 5.84 Å². The number of aromatic hydroxyl groups is 1. The Kier molecular flexibility index (Phi) is 4.95. The summed E-state index contributed by atoms with van der Waals surface area (Å²) in [7, 11) is -4.14. The van der Waals surface area contributed by atoms with Gasteiger partial charge in [0.05, 0.1) is 17.6 Å². The first-order valence-corrected chi connectivity index (χ1v) is 11.5. The van der Waals surface area contributed by atoms with Crippen molar-refractivity contribution in [2.24, 2.45) is 10.1 Å². The summed E-state index contributed by atoms with van der Waals surface area (Å²) >= 11 is 0. The van der Waals surface area contributed by atoms with Gasteiger partial charge in [-0.2, -0.15) is 8.42 Å². The number of fused-ring (bicyclic) bond motifs is 2. The highest BCUT2D eigenvalue weighted by atomic mass is 32.2. The molecule has 0 saturated carbocycles. The van der Waals surface area contributed by atoms with Gasteiger partial charge in [0, 0.05) is 12.7 Å². The summed E-state index contributed by atoms with van der Waals surface area (Å²) in [5, 5.41) is 14.2. The van der Waals surface area contributed by atoms with E-state index in [9.17, 15) is 18.3 Å². The molecule has 166 valence electrons. The fourth-order valence-electron chi connectivity index (χ4n) is 3.91. The molecule has 33 heavy (non-hydrogen) atoms. The minimum absolute atomic E-state index is 0.0410. The fourth-order valence-corrected chi connectivity index (χ4v) is 5.08. The second kappa shape index (κ2) is 7.84. The van der Waals surface area contributed by atoms with Gasteiger partial charge in [0.1, 0.15) is 21.9 Å². The van der Waals surface area contributed by atoms with Crippen LogP contribution in [0.3, 0.4) is 0 Å². The Morgan fingerprint density at radius 3 is 2.58 bits per heavy atom. The number of para-hydroxylation sites is 1. The molecule has 5 rings (SSSR count). The fraction of sp³-hybridized carbons (Fsp3) is 0.0870. The Labute approximate surface area is 188 Å². The van der Waals surface area contributed by atoms with Gasteiger partial charge in [-0.1, -0.05) is 42.5 Å². The number of anilines is 1. The first kappa shape index (κ1) is 20.9. The van der Waals surface area contributed by atoms with E-state index in [0.29, 0.717) is 10.9 Å². The summed E-state index contributed by atoms with van der Waals surface area (Å²) < 4.78 is 31.0. The van der Waals surface area contributed by atoms with E-state index in [-0.39, 0.29) is 40.7 Å². The van der Waals surface area contributed by atoms with Crippen molar-refractivity contribution in [3.8, 4) is 5.75 Å². The van der Waals surface area contributed by atoms with E-state index >= 15 is 0 Å². The average molecular weight is 462 g/mol. The molecular formula is C23H19N5O4S. The Morgan fingerprint density at radius 1 is 1.03 bits per heavy atom. The van der Waals surface area contributed by atoms with E-state index in [1.807, 2.05) is 30.3 Å². The summed E-state index contributed by atoms with van der Waals surface area (Å²) in [6, 6.07) is 17.2. The number of nitrogens with one attached hydrogen (secondary N) is 1. The highest BCUT2D eigenvalue weighted by Crippen LogP contribution is 2.34. The third kappa shape index (κ3) is 3.45. The van der Waals surface area contributed by atoms with Crippen LogP contribution in [0.2, 0.25) is 0 Å². The third-order valence-corrected chi connectivity index (χ3v) is 6.80. The van der Waals surface area contributed by atoms with Gasteiger partial charge in [0.25, 0.3) is 15.6 Å². The van der Waals surface area contributed by atoms with E-state index in [1.165, 1.54) is 16.8 Å². The van der Waals surface area contributed by atoms with Crippen molar-refractivity contribution in [2.45, 2.75) is 18.0 Å². The molecule has 4 aromatic rings. The molecule has 1 aliphatic heterocycles. The molecule has 10 heteroatoms. The number of amidine groups is 1. The number of hydrogen-bond acceptors (Lipinski definition) is 7. The van der Waals surface area contributed by atoms with E-state index < -0.39 is 21.3 Å². The maximum atomic E-state index is 13.6. The molecule has 0 unspecified atom stereocenters. The molecule has 1 aliphatic rings. The topological polar surface area (TPSA) is 140 Å². The predicted molar refractivity (Wildman–Crippen MR) is 125 cm³/mol. The van der Waals surface area contributed by atoms with E-state index in [4.69, 9.17) is 5.73 Å². The zero-order valence-corrected chi connectivity index (χ0v) is 18.1. The van der Waals surface area contributed by atoms with Gasteiger partial charge in [-0.3, -0.25) is 9.36 Å². The first-order chi connectivity index (χ1) is 15.9. The maximum absolute atomic E-state index is 13.6. The zero-order chi connectivity index (χ0) is 23.2. The number of hydrogen-bond donors (Lipinski definition) is 3. The molecule has 3 heterocycles. The lowest BCUT2D eigenvalue weighted by Crippen LogP contribution is -2.33. The van der Waals surface area contributed by atoms with Crippen LogP contribution in [-0.4, -0.2) is 28.9 Å². The van der Waals surface area contributed by atoms with Crippen LogP contribution < -0.4 is 16.6 Å². The largest absolute Gasteiger partial charge is 0.506 e. The monoisotopic (exact) mass is 461 g/mol. The summed E-state index contributed by atoms with van der Waals surface area (Å²) in [6.45, 7) is 0.246. The van der Waals surface area contributed by atoms with Crippen molar-refractivity contribution >= 4 is 32.6 Å². The Balaban J connectivity index is 1.77. The van der Waals surface area contributed by atoms with Crippen LogP contribution in [-0.2, 0) is 23.1 Å². The zero-order valence-electron chi connectivity index (χ0n) is 17.3. The van der Waals surface area contributed by atoms with Crippen LogP contribution >= 0.6 is 0 Å². The Hall–Kier alpha value is -4.02.